The topological polar surface area (TPSA) is 61.7 Å². The molecule has 4 heteroatoms. The summed E-state index contributed by atoms with van der Waals surface area (Å²) in [5.41, 5.74) is 1.68. The van der Waals surface area contributed by atoms with Crippen molar-refractivity contribution >= 4 is 5.69 Å². The minimum atomic E-state index is -0.0744. The molecule has 0 saturated carbocycles. The second kappa shape index (κ2) is 6.19. The van der Waals surface area contributed by atoms with Gasteiger partial charge in [-0.1, -0.05) is 12.1 Å². The summed E-state index contributed by atoms with van der Waals surface area (Å²) in [4.78, 5) is 0. The van der Waals surface area contributed by atoms with Crippen LogP contribution in [0, 0.1) is 0 Å². The molecule has 0 aromatic heterocycles. The average Bonchev–Trinajstić information content (AvgIpc) is 2.40. The van der Waals surface area contributed by atoms with Crippen molar-refractivity contribution in [2.45, 2.75) is 19.9 Å². The van der Waals surface area contributed by atoms with E-state index >= 15 is 0 Å². The molecule has 0 radical (unpaired) electrons. The molecule has 4 nitrogen and oxygen atoms in total. The van der Waals surface area contributed by atoms with Crippen LogP contribution in [0.5, 0.6) is 17.2 Å². The summed E-state index contributed by atoms with van der Waals surface area (Å²) in [6, 6.07) is 12.2. The molecule has 1 atom stereocenters. The zero-order valence-electron chi connectivity index (χ0n) is 11.6. The van der Waals surface area contributed by atoms with Crippen molar-refractivity contribution < 1.29 is 14.9 Å². The first-order valence-corrected chi connectivity index (χ1v) is 6.61. The second-order valence-corrected chi connectivity index (χ2v) is 4.58. The Kier molecular flexibility index (Phi) is 4.35. The number of aromatic hydroxyl groups is 2. The van der Waals surface area contributed by atoms with Gasteiger partial charge in [0.2, 0.25) is 0 Å². The number of hydrogen-bond acceptors (Lipinski definition) is 4. The van der Waals surface area contributed by atoms with E-state index in [1.165, 1.54) is 6.07 Å². The summed E-state index contributed by atoms with van der Waals surface area (Å²) in [6.07, 6.45) is 0. The van der Waals surface area contributed by atoms with Crippen LogP contribution in [0.15, 0.2) is 42.5 Å². The van der Waals surface area contributed by atoms with Crippen molar-refractivity contribution in [3.05, 3.63) is 48.0 Å². The Balaban J connectivity index is 2.21. The molecule has 2 aromatic carbocycles. The van der Waals surface area contributed by atoms with Crippen molar-refractivity contribution in [1.82, 2.24) is 0 Å². The third kappa shape index (κ3) is 3.35. The van der Waals surface area contributed by atoms with Gasteiger partial charge in [-0.25, -0.2) is 0 Å². The number of para-hydroxylation sites is 2. The van der Waals surface area contributed by atoms with Crippen molar-refractivity contribution in [2.24, 2.45) is 0 Å². The molecule has 0 heterocycles. The lowest BCUT2D eigenvalue weighted by Crippen LogP contribution is -2.08. The predicted octanol–water partition coefficient (Wildman–Crippen LogP) is 3.67. The largest absolute Gasteiger partial charge is 0.508 e. The van der Waals surface area contributed by atoms with E-state index in [4.69, 9.17) is 4.74 Å². The minimum Gasteiger partial charge on any atom is -0.508 e. The van der Waals surface area contributed by atoms with E-state index in [0.29, 0.717) is 6.61 Å². The maximum absolute atomic E-state index is 9.54. The summed E-state index contributed by atoms with van der Waals surface area (Å²) >= 11 is 0. The van der Waals surface area contributed by atoms with Crippen LogP contribution < -0.4 is 10.1 Å². The van der Waals surface area contributed by atoms with Gasteiger partial charge in [0.05, 0.1) is 12.3 Å². The van der Waals surface area contributed by atoms with Crippen LogP contribution in [0.25, 0.3) is 0 Å². The predicted molar refractivity (Wildman–Crippen MR) is 79.4 cm³/mol. The van der Waals surface area contributed by atoms with Crippen LogP contribution in [0.4, 0.5) is 5.69 Å². The van der Waals surface area contributed by atoms with Crippen LogP contribution in [0.1, 0.15) is 25.5 Å². The van der Waals surface area contributed by atoms with Gasteiger partial charge in [-0.15, -0.1) is 0 Å². The molecular weight excluding hydrogens is 254 g/mol. The summed E-state index contributed by atoms with van der Waals surface area (Å²) in [5, 5.41) is 22.4. The van der Waals surface area contributed by atoms with E-state index in [1.807, 2.05) is 38.1 Å². The monoisotopic (exact) mass is 273 g/mol. The number of anilines is 1. The summed E-state index contributed by atoms with van der Waals surface area (Å²) in [5.74, 6) is 0.879. The molecule has 106 valence electrons. The number of hydrogen-bond donors (Lipinski definition) is 3. The zero-order chi connectivity index (χ0) is 14.5. The van der Waals surface area contributed by atoms with Crippen LogP contribution in [0.2, 0.25) is 0 Å². The van der Waals surface area contributed by atoms with Gasteiger partial charge in [-0.3, -0.25) is 0 Å². The van der Waals surface area contributed by atoms with E-state index < -0.39 is 0 Å². The molecular formula is C16H19NO3. The van der Waals surface area contributed by atoms with Gasteiger partial charge in [0.25, 0.3) is 0 Å². The van der Waals surface area contributed by atoms with E-state index in [-0.39, 0.29) is 17.5 Å². The summed E-state index contributed by atoms with van der Waals surface area (Å²) in [6.45, 7) is 4.49. The van der Waals surface area contributed by atoms with Crippen LogP contribution >= 0.6 is 0 Å². The maximum atomic E-state index is 9.54. The molecule has 2 aromatic rings. The van der Waals surface area contributed by atoms with E-state index in [1.54, 1.807) is 12.1 Å². The van der Waals surface area contributed by atoms with Gasteiger partial charge in [-0.05, 0) is 43.7 Å². The van der Waals surface area contributed by atoms with Crippen LogP contribution in [-0.4, -0.2) is 16.8 Å². The number of rotatable bonds is 5. The van der Waals surface area contributed by atoms with E-state index in [9.17, 15) is 10.2 Å². The van der Waals surface area contributed by atoms with Gasteiger partial charge >= 0.3 is 0 Å². The number of phenolic OH excluding ortho intramolecular Hbond substituents is 2. The highest BCUT2D eigenvalue weighted by Gasteiger charge is 2.10. The molecule has 0 bridgehead atoms. The van der Waals surface area contributed by atoms with Crippen molar-refractivity contribution in [2.75, 3.05) is 11.9 Å². The van der Waals surface area contributed by atoms with Crippen molar-refractivity contribution in [3.8, 4) is 17.2 Å². The Hall–Kier alpha value is -2.36. The van der Waals surface area contributed by atoms with E-state index in [2.05, 4.69) is 5.32 Å². The first-order chi connectivity index (χ1) is 9.60. The fourth-order valence-corrected chi connectivity index (χ4v) is 2.05. The first kappa shape index (κ1) is 14.1. The Morgan fingerprint density at radius 1 is 1.10 bits per heavy atom. The summed E-state index contributed by atoms with van der Waals surface area (Å²) < 4.78 is 5.56. The lowest BCUT2D eigenvalue weighted by molar-refractivity contribution is 0.341. The lowest BCUT2D eigenvalue weighted by Gasteiger charge is -2.18. The molecule has 0 spiro atoms. The minimum absolute atomic E-state index is 0.0479. The SMILES string of the molecule is CCOc1ccccc1NC(C)c1cc(O)cc(O)c1. The van der Waals surface area contributed by atoms with Gasteiger partial charge in [0, 0.05) is 12.1 Å². The molecule has 0 aliphatic heterocycles. The molecule has 2 rings (SSSR count). The third-order valence-corrected chi connectivity index (χ3v) is 2.98. The first-order valence-electron chi connectivity index (χ1n) is 6.61. The Morgan fingerprint density at radius 3 is 2.40 bits per heavy atom. The van der Waals surface area contributed by atoms with Crippen molar-refractivity contribution in [1.29, 1.82) is 0 Å². The fourth-order valence-electron chi connectivity index (χ4n) is 2.05. The molecule has 0 aliphatic carbocycles. The smallest absolute Gasteiger partial charge is 0.142 e. The maximum Gasteiger partial charge on any atom is 0.142 e. The number of ether oxygens (including phenoxy) is 1. The molecule has 0 aliphatic rings. The zero-order valence-corrected chi connectivity index (χ0v) is 11.6. The van der Waals surface area contributed by atoms with Gasteiger partial charge in [0.15, 0.2) is 0 Å². The molecule has 1 unspecified atom stereocenters. The molecule has 3 N–H and O–H groups in total. The standard InChI is InChI=1S/C16H19NO3/c1-3-20-16-7-5-4-6-15(16)17-11(2)12-8-13(18)10-14(19)9-12/h4-11,17-19H,3H2,1-2H3. The molecule has 0 amide bonds. The Morgan fingerprint density at radius 2 is 1.75 bits per heavy atom. The fraction of sp³-hybridized carbons (Fsp3) is 0.250. The summed E-state index contributed by atoms with van der Waals surface area (Å²) in [7, 11) is 0. The highest BCUT2D eigenvalue weighted by Crippen LogP contribution is 2.30. The quantitative estimate of drug-likeness (QED) is 0.778. The Bertz CT molecular complexity index is 563. The highest BCUT2D eigenvalue weighted by atomic mass is 16.5. The molecule has 0 saturated heterocycles. The lowest BCUT2D eigenvalue weighted by atomic mass is 10.1. The third-order valence-electron chi connectivity index (χ3n) is 2.98. The second-order valence-electron chi connectivity index (χ2n) is 4.58. The number of phenols is 2. The van der Waals surface area contributed by atoms with Gasteiger partial charge in [-0.2, -0.15) is 0 Å². The normalized spacial score (nSPS) is 11.9. The van der Waals surface area contributed by atoms with Crippen LogP contribution in [0.3, 0.4) is 0 Å². The molecule has 20 heavy (non-hydrogen) atoms. The Labute approximate surface area is 118 Å². The van der Waals surface area contributed by atoms with Crippen LogP contribution in [-0.2, 0) is 0 Å². The number of nitrogens with one attached hydrogen (secondary N) is 1. The van der Waals surface area contributed by atoms with Gasteiger partial charge in [0.1, 0.15) is 17.2 Å². The number of benzene rings is 2. The van der Waals surface area contributed by atoms with Gasteiger partial charge < -0.3 is 20.3 Å². The van der Waals surface area contributed by atoms with E-state index in [0.717, 1.165) is 17.0 Å². The van der Waals surface area contributed by atoms with Crippen molar-refractivity contribution in [3.63, 3.8) is 0 Å². The average molecular weight is 273 g/mol. The molecule has 0 fully saturated rings. The highest BCUT2D eigenvalue weighted by molar-refractivity contribution is 5.57.